The van der Waals surface area contributed by atoms with E-state index in [1.807, 2.05) is 24.3 Å². The van der Waals surface area contributed by atoms with Crippen molar-refractivity contribution in [2.24, 2.45) is 5.10 Å². The number of carbonyl (C=O) groups is 1. The molecule has 1 unspecified atom stereocenters. The molecule has 6 heteroatoms. The Bertz CT molecular complexity index is 747. The summed E-state index contributed by atoms with van der Waals surface area (Å²) < 4.78 is 11.3. The van der Waals surface area contributed by atoms with Crippen LogP contribution in [0.25, 0.3) is 0 Å². The number of unbranched alkanes of at least 4 members (excludes halogenated alkanes) is 2. The van der Waals surface area contributed by atoms with Crippen LogP contribution in [0.5, 0.6) is 11.5 Å². The van der Waals surface area contributed by atoms with Gasteiger partial charge >= 0.3 is 0 Å². The Morgan fingerprint density at radius 3 is 2.63 bits per heavy atom. The SMILES string of the molecule is CCCCCOc1ccc(OC(C)C(=O)N/N=C/c2cccc(Cl)c2)cc1. The van der Waals surface area contributed by atoms with E-state index in [0.29, 0.717) is 17.4 Å². The van der Waals surface area contributed by atoms with Crippen molar-refractivity contribution in [3.8, 4) is 11.5 Å². The van der Waals surface area contributed by atoms with E-state index in [4.69, 9.17) is 21.1 Å². The van der Waals surface area contributed by atoms with Crippen molar-refractivity contribution in [1.29, 1.82) is 0 Å². The Balaban J connectivity index is 1.78. The van der Waals surface area contributed by atoms with Gasteiger partial charge in [-0.3, -0.25) is 4.79 Å². The third kappa shape index (κ3) is 7.71. The lowest BCUT2D eigenvalue weighted by atomic mass is 10.2. The molecular weight excluding hydrogens is 364 g/mol. The van der Waals surface area contributed by atoms with E-state index in [0.717, 1.165) is 24.2 Å². The number of amides is 1. The van der Waals surface area contributed by atoms with Crippen LogP contribution in [0.3, 0.4) is 0 Å². The number of nitrogens with one attached hydrogen (secondary N) is 1. The standard InChI is InChI=1S/C21H25ClN2O3/c1-3-4-5-13-26-19-9-11-20(12-10-19)27-16(2)21(25)24-23-15-17-7-6-8-18(22)14-17/h6-12,14-16H,3-5,13H2,1-2H3,(H,24,25)/b23-15+. The molecule has 0 saturated heterocycles. The van der Waals surface area contributed by atoms with Crippen molar-refractivity contribution >= 4 is 23.7 Å². The van der Waals surface area contributed by atoms with Crippen molar-refractivity contribution in [1.82, 2.24) is 5.43 Å². The first-order chi connectivity index (χ1) is 13.1. The lowest BCUT2D eigenvalue weighted by molar-refractivity contribution is -0.127. The number of ether oxygens (including phenoxy) is 2. The summed E-state index contributed by atoms with van der Waals surface area (Å²) >= 11 is 5.90. The van der Waals surface area contributed by atoms with Crippen molar-refractivity contribution < 1.29 is 14.3 Å². The number of hydrogen-bond donors (Lipinski definition) is 1. The largest absolute Gasteiger partial charge is 0.494 e. The fourth-order valence-corrected chi connectivity index (χ4v) is 2.46. The molecule has 0 bridgehead atoms. The number of nitrogens with zero attached hydrogens (tertiary/aromatic N) is 1. The van der Waals surface area contributed by atoms with Crippen molar-refractivity contribution in [3.05, 3.63) is 59.1 Å². The van der Waals surface area contributed by atoms with Crippen LogP contribution >= 0.6 is 11.6 Å². The molecule has 0 aliphatic rings. The number of rotatable bonds is 10. The molecule has 1 amide bonds. The van der Waals surface area contributed by atoms with Crippen LogP contribution in [-0.4, -0.2) is 24.8 Å². The van der Waals surface area contributed by atoms with Gasteiger partial charge in [0.25, 0.3) is 5.91 Å². The van der Waals surface area contributed by atoms with Crippen molar-refractivity contribution in [3.63, 3.8) is 0 Å². The number of benzene rings is 2. The van der Waals surface area contributed by atoms with Gasteiger partial charge in [-0.1, -0.05) is 43.5 Å². The molecule has 1 atom stereocenters. The quantitative estimate of drug-likeness (QED) is 0.360. The maximum absolute atomic E-state index is 12.1. The monoisotopic (exact) mass is 388 g/mol. The molecule has 0 heterocycles. The third-order valence-corrected chi connectivity index (χ3v) is 3.99. The topological polar surface area (TPSA) is 59.9 Å². The Kier molecular flexibility index (Phi) is 8.65. The first-order valence-electron chi connectivity index (χ1n) is 9.06. The molecule has 5 nitrogen and oxygen atoms in total. The van der Waals surface area contributed by atoms with Crippen molar-refractivity contribution in [2.45, 2.75) is 39.2 Å². The zero-order chi connectivity index (χ0) is 19.5. The summed E-state index contributed by atoms with van der Waals surface area (Å²) in [6, 6.07) is 14.4. The lowest BCUT2D eigenvalue weighted by Crippen LogP contribution is -2.33. The Hall–Kier alpha value is -2.53. The highest BCUT2D eigenvalue weighted by atomic mass is 35.5. The molecule has 0 aliphatic heterocycles. The fourth-order valence-electron chi connectivity index (χ4n) is 2.26. The minimum atomic E-state index is -0.683. The van der Waals surface area contributed by atoms with E-state index in [2.05, 4.69) is 17.5 Å². The summed E-state index contributed by atoms with van der Waals surface area (Å²) in [5, 5.41) is 4.54. The van der Waals surface area contributed by atoms with Gasteiger partial charge in [0.15, 0.2) is 6.10 Å². The van der Waals surface area contributed by atoms with Crippen LogP contribution in [0.15, 0.2) is 53.6 Å². The average molecular weight is 389 g/mol. The van der Waals surface area contributed by atoms with Gasteiger partial charge in [-0.05, 0) is 55.3 Å². The van der Waals surface area contributed by atoms with E-state index in [1.54, 1.807) is 31.2 Å². The van der Waals surface area contributed by atoms with Gasteiger partial charge in [0.2, 0.25) is 0 Å². The summed E-state index contributed by atoms with van der Waals surface area (Å²) in [4.78, 5) is 12.1. The fraction of sp³-hybridized carbons (Fsp3) is 0.333. The summed E-state index contributed by atoms with van der Waals surface area (Å²) in [5.41, 5.74) is 3.26. The second-order valence-corrected chi connectivity index (χ2v) is 6.51. The predicted octanol–water partition coefficient (Wildman–Crippen LogP) is 4.83. The normalized spacial score (nSPS) is 12.0. The van der Waals surface area contributed by atoms with Crippen molar-refractivity contribution in [2.75, 3.05) is 6.61 Å². The molecule has 0 spiro atoms. The molecule has 27 heavy (non-hydrogen) atoms. The number of hydrazone groups is 1. The van der Waals surface area contributed by atoms with Gasteiger partial charge in [0.1, 0.15) is 11.5 Å². The molecule has 2 aromatic carbocycles. The first kappa shape index (κ1) is 20.8. The van der Waals surface area contributed by atoms with E-state index in [1.165, 1.54) is 12.6 Å². The summed E-state index contributed by atoms with van der Waals surface area (Å²) in [6.07, 6.45) is 4.22. The highest BCUT2D eigenvalue weighted by Gasteiger charge is 2.13. The Labute approximate surface area is 165 Å². The molecule has 2 rings (SSSR count). The van der Waals surface area contributed by atoms with Gasteiger partial charge in [-0.2, -0.15) is 5.10 Å². The van der Waals surface area contributed by atoms with Crippen LogP contribution in [0, 0.1) is 0 Å². The van der Waals surface area contributed by atoms with Gasteiger partial charge in [-0.25, -0.2) is 5.43 Å². The predicted molar refractivity (Wildman–Crippen MR) is 109 cm³/mol. The average Bonchev–Trinajstić information content (AvgIpc) is 2.66. The molecule has 0 aromatic heterocycles. The van der Waals surface area contributed by atoms with Gasteiger partial charge in [0, 0.05) is 5.02 Å². The molecular formula is C21H25ClN2O3. The molecule has 144 valence electrons. The zero-order valence-corrected chi connectivity index (χ0v) is 16.4. The molecule has 0 saturated carbocycles. The van der Waals surface area contributed by atoms with E-state index >= 15 is 0 Å². The second kappa shape index (κ2) is 11.2. The van der Waals surface area contributed by atoms with E-state index in [-0.39, 0.29) is 5.91 Å². The molecule has 0 radical (unpaired) electrons. The first-order valence-corrected chi connectivity index (χ1v) is 9.44. The van der Waals surface area contributed by atoms with Crippen LogP contribution in [0.4, 0.5) is 0 Å². The zero-order valence-electron chi connectivity index (χ0n) is 15.7. The maximum atomic E-state index is 12.1. The number of halogens is 1. The second-order valence-electron chi connectivity index (χ2n) is 6.08. The molecule has 1 N–H and O–H groups in total. The summed E-state index contributed by atoms with van der Waals surface area (Å²) in [5.74, 6) is 1.05. The molecule has 0 fully saturated rings. The number of carbonyl (C=O) groups excluding carboxylic acids is 1. The smallest absolute Gasteiger partial charge is 0.280 e. The number of hydrogen-bond acceptors (Lipinski definition) is 4. The van der Waals surface area contributed by atoms with Crippen LogP contribution in [0.2, 0.25) is 5.02 Å². The highest BCUT2D eigenvalue weighted by Crippen LogP contribution is 2.19. The molecule has 2 aromatic rings. The van der Waals surface area contributed by atoms with E-state index < -0.39 is 6.10 Å². The Morgan fingerprint density at radius 1 is 1.19 bits per heavy atom. The van der Waals surface area contributed by atoms with Crippen LogP contribution in [0.1, 0.15) is 38.7 Å². The minimum absolute atomic E-state index is 0.340. The maximum Gasteiger partial charge on any atom is 0.280 e. The minimum Gasteiger partial charge on any atom is -0.494 e. The van der Waals surface area contributed by atoms with Gasteiger partial charge < -0.3 is 9.47 Å². The van der Waals surface area contributed by atoms with Crippen LogP contribution in [-0.2, 0) is 4.79 Å². The summed E-state index contributed by atoms with van der Waals surface area (Å²) in [7, 11) is 0. The Morgan fingerprint density at radius 2 is 1.93 bits per heavy atom. The third-order valence-electron chi connectivity index (χ3n) is 3.76. The lowest BCUT2D eigenvalue weighted by Gasteiger charge is -2.13. The summed E-state index contributed by atoms with van der Waals surface area (Å²) in [6.45, 7) is 4.53. The van der Waals surface area contributed by atoms with Gasteiger partial charge in [0.05, 0.1) is 12.8 Å². The highest BCUT2D eigenvalue weighted by molar-refractivity contribution is 6.30. The van der Waals surface area contributed by atoms with Crippen LogP contribution < -0.4 is 14.9 Å². The molecule has 0 aliphatic carbocycles. The van der Waals surface area contributed by atoms with Gasteiger partial charge in [-0.15, -0.1) is 0 Å². The van der Waals surface area contributed by atoms with E-state index in [9.17, 15) is 4.79 Å².